The van der Waals surface area contributed by atoms with Gasteiger partial charge in [0.15, 0.2) is 5.69 Å². The van der Waals surface area contributed by atoms with Crippen molar-refractivity contribution in [3.63, 3.8) is 0 Å². The molecule has 0 unspecified atom stereocenters. The van der Waals surface area contributed by atoms with Crippen molar-refractivity contribution >= 4 is 38.4 Å². The number of halogens is 2. The summed E-state index contributed by atoms with van der Waals surface area (Å²) in [5, 5.41) is 7.31. The Morgan fingerprint density at radius 2 is 2.06 bits per heavy atom. The first kappa shape index (κ1) is 10.7. The van der Waals surface area contributed by atoms with E-state index in [4.69, 9.17) is 11.5 Å². The third-order valence-electron chi connectivity index (χ3n) is 2.09. The van der Waals surface area contributed by atoms with Crippen molar-refractivity contribution in [2.75, 3.05) is 5.73 Å². The van der Waals surface area contributed by atoms with Crippen molar-refractivity contribution in [2.24, 2.45) is 5.73 Å². The molecule has 1 aromatic heterocycles. The molecule has 0 aliphatic heterocycles. The number of hydrogen-bond donors (Lipinski definition) is 2. The third-order valence-corrected chi connectivity index (χ3v) is 2.73. The first-order chi connectivity index (χ1) is 7.52. The van der Waals surface area contributed by atoms with E-state index in [1.165, 1.54) is 12.1 Å². The van der Waals surface area contributed by atoms with Crippen LogP contribution < -0.4 is 11.5 Å². The van der Waals surface area contributed by atoms with Crippen molar-refractivity contribution in [1.29, 1.82) is 0 Å². The first-order valence-electron chi connectivity index (χ1n) is 4.22. The third kappa shape index (κ3) is 1.49. The molecule has 2 aromatic rings. The van der Waals surface area contributed by atoms with Gasteiger partial charge in [-0.25, -0.2) is 4.39 Å². The molecular formula is C9H6BrFN4O. The molecule has 7 heteroatoms. The fraction of sp³-hybridized carbons (Fsp3) is 0. The van der Waals surface area contributed by atoms with Crippen LogP contribution >= 0.6 is 15.9 Å². The van der Waals surface area contributed by atoms with Gasteiger partial charge in [-0.15, -0.1) is 10.2 Å². The number of primary amides is 1. The standard InChI is InChI=1S/C9H6BrFN4O/c10-3-1-2-4(11)5-6(12)8(9(13)16)15-14-7(3)5/h1-2H,(H2,12,14)(H2,13,16). The number of carbonyl (C=O) groups excluding carboxylic acids is 1. The van der Waals surface area contributed by atoms with Gasteiger partial charge in [-0.1, -0.05) is 0 Å². The molecule has 82 valence electrons. The smallest absolute Gasteiger partial charge is 0.271 e. The van der Waals surface area contributed by atoms with Crippen LogP contribution in [0.4, 0.5) is 10.1 Å². The Kier molecular flexibility index (Phi) is 2.47. The Balaban J connectivity index is 2.94. The van der Waals surface area contributed by atoms with Crippen LogP contribution in [0.2, 0.25) is 0 Å². The Morgan fingerprint density at radius 3 is 2.69 bits per heavy atom. The molecule has 1 amide bonds. The normalized spacial score (nSPS) is 10.6. The minimum atomic E-state index is -0.841. The topological polar surface area (TPSA) is 94.9 Å². The number of nitrogens with zero attached hydrogens (tertiary/aromatic N) is 2. The van der Waals surface area contributed by atoms with Crippen LogP contribution in [0.1, 0.15) is 10.5 Å². The average Bonchev–Trinajstić information content (AvgIpc) is 2.23. The van der Waals surface area contributed by atoms with Gasteiger partial charge in [-0.2, -0.15) is 0 Å². The number of fused-ring (bicyclic) bond motifs is 1. The minimum Gasteiger partial charge on any atom is -0.396 e. The highest BCUT2D eigenvalue weighted by atomic mass is 79.9. The highest BCUT2D eigenvalue weighted by Crippen LogP contribution is 2.29. The lowest BCUT2D eigenvalue weighted by Crippen LogP contribution is -2.17. The molecule has 5 nitrogen and oxygen atoms in total. The second kappa shape index (κ2) is 3.67. The lowest BCUT2D eigenvalue weighted by molar-refractivity contribution is 0.0996. The summed E-state index contributed by atoms with van der Waals surface area (Å²) in [5.74, 6) is -1.42. The number of benzene rings is 1. The van der Waals surface area contributed by atoms with Gasteiger partial charge in [0.25, 0.3) is 5.91 Å². The van der Waals surface area contributed by atoms with E-state index in [9.17, 15) is 9.18 Å². The van der Waals surface area contributed by atoms with E-state index in [0.717, 1.165) is 0 Å². The van der Waals surface area contributed by atoms with E-state index in [0.29, 0.717) is 4.47 Å². The summed E-state index contributed by atoms with van der Waals surface area (Å²) in [6, 6.07) is 2.70. The van der Waals surface area contributed by atoms with Gasteiger partial charge < -0.3 is 11.5 Å². The Bertz CT molecular complexity index is 602. The summed E-state index contributed by atoms with van der Waals surface area (Å²) in [6.45, 7) is 0. The van der Waals surface area contributed by atoms with Crippen molar-refractivity contribution in [1.82, 2.24) is 10.2 Å². The Hall–Kier alpha value is -1.76. The molecule has 1 aromatic carbocycles. The van der Waals surface area contributed by atoms with Gasteiger partial charge in [-0.05, 0) is 28.1 Å². The summed E-state index contributed by atoms with van der Waals surface area (Å²) in [4.78, 5) is 11.0. The van der Waals surface area contributed by atoms with E-state index >= 15 is 0 Å². The molecule has 0 atom stereocenters. The monoisotopic (exact) mass is 284 g/mol. The molecule has 0 spiro atoms. The van der Waals surface area contributed by atoms with E-state index in [-0.39, 0.29) is 22.3 Å². The number of nitrogens with two attached hydrogens (primary N) is 2. The number of aromatic nitrogens is 2. The van der Waals surface area contributed by atoms with E-state index in [2.05, 4.69) is 26.1 Å². The SMILES string of the molecule is NC(=O)c1nnc2c(Br)ccc(F)c2c1N. The van der Waals surface area contributed by atoms with Crippen LogP contribution in [-0.2, 0) is 0 Å². The molecule has 0 fully saturated rings. The predicted octanol–water partition coefficient (Wildman–Crippen LogP) is 1.21. The molecule has 0 saturated carbocycles. The predicted molar refractivity (Wildman–Crippen MR) is 60.1 cm³/mol. The van der Waals surface area contributed by atoms with Crippen molar-refractivity contribution in [3.8, 4) is 0 Å². The molecule has 0 radical (unpaired) electrons. The Labute approximate surface area is 97.8 Å². The Morgan fingerprint density at radius 1 is 1.38 bits per heavy atom. The van der Waals surface area contributed by atoms with Gasteiger partial charge in [0, 0.05) is 4.47 Å². The van der Waals surface area contributed by atoms with Gasteiger partial charge >= 0.3 is 0 Å². The van der Waals surface area contributed by atoms with E-state index < -0.39 is 11.7 Å². The summed E-state index contributed by atoms with van der Waals surface area (Å²) < 4.78 is 14.1. The largest absolute Gasteiger partial charge is 0.396 e. The molecular weight excluding hydrogens is 279 g/mol. The van der Waals surface area contributed by atoms with Gasteiger partial charge in [-0.3, -0.25) is 4.79 Å². The highest BCUT2D eigenvalue weighted by molar-refractivity contribution is 9.10. The quantitative estimate of drug-likeness (QED) is 0.823. The molecule has 0 aliphatic rings. The fourth-order valence-corrected chi connectivity index (χ4v) is 1.76. The van der Waals surface area contributed by atoms with Crippen molar-refractivity contribution in [2.45, 2.75) is 0 Å². The van der Waals surface area contributed by atoms with Crippen LogP contribution in [0.3, 0.4) is 0 Å². The second-order valence-electron chi connectivity index (χ2n) is 3.08. The number of nitrogen functional groups attached to an aromatic ring is 1. The maximum Gasteiger partial charge on any atom is 0.271 e. The van der Waals surface area contributed by atoms with Crippen molar-refractivity contribution in [3.05, 3.63) is 28.1 Å². The second-order valence-corrected chi connectivity index (χ2v) is 3.93. The zero-order valence-corrected chi connectivity index (χ0v) is 9.45. The van der Waals surface area contributed by atoms with Gasteiger partial charge in [0.05, 0.1) is 11.1 Å². The fourth-order valence-electron chi connectivity index (χ4n) is 1.35. The lowest BCUT2D eigenvalue weighted by Gasteiger charge is -2.06. The van der Waals surface area contributed by atoms with Gasteiger partial charge in [0.2, 0.25) is 0 Å². The molecule has 4 N–H and O–H groups in total. The summed E-state index contributed by atoms with van der Waals surface area (Å²) in [7, 11) is 0. The number of hydrogen-bond acceptors (Lipinski definition) is 4. The van der Waals surface area contributed by atoms with Crippen LogP contribution in [0.25, 0.3) is 10.9 Å². The first-order valence-corrected chi connectivity index (χ1v) is 5.01. The number of anilines is 1. The molecule has 16 heavy (non-hydrogen) atoms. The maximum atomic E-state index is 13.5. The summed E-state index contributed by atoms with van der Waals surface area (Å²) >= 11 is 3.19. The summed E-state index contributed by atoms with van der Waals surface area (Å²) in [5.41, 5.74) is 10.6. The highest BCUT2D eigenvalue weighted by Gasteiger charge is 2.16. The molecule has 1 heterocycles. The zero-order chi connectivity index (χ0) is 11.9. The van der Waals surface area contributed by atoms with Crippen molar-refractivity contribution < 1.29 is 9.18 Å². The van der Waals surface area contributed by atoms with Crippen LogP contribution in [-0.4, -0.2) is 16.1 Å². The molecule has 0 saturated heterocycles. The molecule has 2 rings (SSSR count). The zero-order valence-electron chi connectivity index (χ0n) is 7.87. The lowest BCUT2D eigenvalue weighted by atomic mass is 10.1. The van der Waals surface area contributed by atoms with E-state index in [1.54, 1.807) is 0 Å². The van der Waals surface area contributed by atoms with E-state index in [1.807, 2.05) is 0 Å². The average molecular weight is 285 g/mol. The van der Waals surface area contributed by atoms with Crippen LogP contribution in [0, 0.1) is 5.82 Å². The van der Waals surface area contributed by atoms with Crippen LogP contribution in [0.5, 0.6) is 0 Å². The maximum absolute atomic E-state index is 13.5. The number of amides is 1. The minimum absolute atomic E-state index is 0.0400. The summed E-state index contributed by atoms with van der Waals surface area (Å²) in [6.07, 6.45) is 0. The number of carbonyl (C=O) groups is 1. The van der Waals surface area contributed by atoms with Crippen LogP contribution in [0.15, 0.2) is 16.6 Å². The number of rotatable bonds is 1. The van der Waals surface area contributed by atoms with Gasteiger partial charge in [0.1, 0.15) is 11.3 Å². The molecule has 0 aliphatic carbocycles. The molecule has 0 bridgehead atoms.